The van der Waals surface area contributed by atoms with E-state index in [-0.39, 0.29) is 23.7 Å². The summed E-state index contributed by atoms with van der Waals surface area (Å²) in [5.41, 5.74) is 0. The van der Waals surface area contributed by atoms with Crippen LogP contribution in [0.3, 0.4) is 0 Å². The Balaban J connectivity index is 2.38. The second kappa shape index (κ2) is 5.88. The molecule has 2 N–H and O–H groups in total. The molecule has 16 heavy (non-hydrogen) atoms. The number of carbonyl (C=O) groups excluding carboxylic acids is 1. The number of nitrogens with one attached hydrogen (secondary N) is 2. The zero-order valence-electron chi connectivity index (χ0n) is 9.52. The quantitative estimate of drug-likeness (QED) is 0.700. The van der Waals surface area contributed by atoms with E-state index < -0.39 is 9.84 Å². The predicted molar refractivity (Wildman–Crippen MR) is 66.4 cm³/mol. The summed E-state index contributed by atoms with van der Waals surface area (Å²) < 4.78 is 22.1. The van der Waals surface area contributed by atoms with Gasteiger partial charge in [-0.15, -0.1) is 0 Å². The standard InChI is InChI=1S/C9H18N2O3S2/c1-7(6-16(2,13)14)11-9(12)8-5-15-4-3-10-8/h7-8,10H,3-6H2,1-2H3,(H,11,12). The van der Waals surface area contributed by atoms with E-state index >= 15 is 0 Å². The fraction of sp³-hybridized carbons (Fsp3) is 0.889. The number of hydrogen-bond acceptors (Lipinski definition) is 5. The number of thioether (sulfide) groups is 1. The molecule has 0 aliphatic carbocycles. The molecule has 1 aliphatic rings. The molecule has 2 atom stereocenters. The zero-order chi connectivity index (χ0) is 12.2. The molecular formula is C9H18N2O3S2. The lowest BCUT2D eigenvalue weighted by Gasteiger charge is -2.24. The van der Waals surface area contributed by atoms with Crippen LogP contribution >= 0.6 is 11.8 Å². The molecule has 1 rings (SSSR count). The normalized spacial score (nSPS) is 23.8. The van der Waals surface area contributed by atoms with Gasteiger partial charge in [0.05, 0.1) is 11.8 Å². The Kier molecular flexibility index (Phi) is 5.07. The van der Waals surface area contributed by atoms with E-state index in [1.54, 1.807) is 18.7 Å². The van der Waals surface area contributed by atoms with E-state index in [2.05, 4.69) is 10.6 Å². The largest absolute Gasteiger partial charge is 0.351 e. The number of carbonyl (C=O) groups is 1. The van der Waals surface area contributed by atoms with Crippen LogP contribution in [0, 0.1) is 0 Å². The van der Waals surface area contributed by atoms with Crippen molar-refractivity contribution in [3.05, 3.63) is 0 Å². The number of sulfone groups is 1. The molecule has 0 radical (unpaired) electrons. The van der Waals surface area contributed by atoms with Crippen molar-refractivity contribution >= 4 is 27.5 Å². The highest BCUT2D eigenvalue weighted by Crippen LogP contribution is 2.07. The van der Waals surface area contributed by atoms with Crippen LogP contribution in [0.4, 0.5) is 0 Å². The minimum atomic E-state index is -3.04. The molecule has 1 amide bonds. The first kappa shape index (κ1) is 13.8. The summed E-state index contributed by atoms with van der Waals surface area (Å²) in [7, 11) is -3.04. The highest BCUT2D eigenvalue weighted by Gasteiger charge is 2.22. The van der Waals surface area contributed by atoms with Gasteiger partial charge in [-0.1, -0.05) is 0 Å². The van der Waals surface area contributed by atoms with Gasteiger partial charge in [0.15, 0.2) is 0 Å². The molecule has 1 aliphatic heterocycles. The lowest BCUT2D eigenvalue weighted by molar-refractivity contribution is -0.123. The molecule has 1 fully saturated rings. The molecule has 0 bridgehead atoms. The van der Waals surface area contributed by atoms with Crippen molar-refractivity contribution in [1.29, 1.82) is 0 Å². The summed E-state index contributed by atoms with van der Waals surface area (Å²) in [6.07, 6.45) is 1.17. The molecule has 0 aromatic rings. The molecule has 1 saturated heterocycles. The first-order valence-corrected chi connectivity index (χ1v) is 8.39. The van der Waals surface area contributed by atoms with Crippen molar-refractivity contribution in [1.82, 2.24) is 10.6 Å². The third-order valence-electron chi connectivity index (χ3n) is 2.18. The fourth-order valence-corrected chi connectivity index (χ4v) is 3.50. The van der Waals surface area contributed by atoms with E-state index in [0.717, 1.165) is 18.1 Å². The maximum absolute atomic E-state index is 11.7. The Hall–Kier alpha value is -0.270. The molecule has 94 valence electrons. The van der Waals surface area contributed by atoms with Crippen LogP contribution in [-0.4, -0.2) is 56.5 Å². The van der Waals surface area contributed by atoms with Crippen molar-refractivity contribution in [3.8, 4) is 0 Å². The zero-order valence-corrected chi connectivity index (χ0v) is 11.2. The van der Waals surface area contributed by atoms with Crippen LogP contribution < -0.4 is 10.6 Å². The van der Waals surface area contributed by atoms with Crippen molar-refractivity contribution in [3.63, 3.8) is 0 Å². The molecule has 7 heteroatoms. The van der Waals surface area contributed by atoms with Crippen molar-refractivity contribution in [2.45, 2.75) is 19.0 Å². The van der Waals surface area contributed by atoms with Gasteiger partial charge in [0.1, 0.15) is 9.84 Å². The predicted octanol–water partition coefficient (Wildman–Crippen LogP) is -0.759. The lowest BCUT2D eigenvalue weighted by Crippen LogP contribution is -2.52. The molecule has 1 heterocycles. The molecular weight excluding hydrogens is 248 g/mol. The highest BCUT2D eigenvalue weighted by molar-refractivity contribution is 7.99. The maximum atomic E-state index is 11.7. The summed E-state index contributed by atoms with van der Waals surface area (Å²) in [4.78, 5) is 11.7. The van der Waals surface area contributed by atoms with Crippen LogP contribution in [0.15, 0.2) is 0 Å². The molecule has 0 spiro atoms. The minimum absolute atomic E-state index is 0.0153. The number of rotatable bonds is 4. The van der Waals surface area contributed by atoms with Gasteiger partial charge in [-0.25, -0.2) is 8.42 Å². The average molecular weight is 266 g/mol. The summed E-state index contributed by atoms with van der Waals surface area (Å²) in [6, 6.07) is -0.531. The van der Waals surface area contributed by atoms with Gasteiger partial charge in [0.2, 0.25) is 5.91 Å². The topological polar surface area (TPSA) is 75.3 Å². The van der Waals surface area contributed by atoms with Crippen LogP contribution in [0.5, 0.6) is 0 Å². The smallest absolute Gasteiger partial charge is 0.238 e. The second-order valence-electron chi connectivity index (χ2n) is 4.08. The van der Waals surface area contributed by atoms with Crippen LogP contribution in [0.1, 0.15) is 6.92 Å². The SMILES string of the molecule is CC(CS(C)(=O)=O)NC(=O)C1CSCCN1. The van der Waals surface area contributed by atoms with E-state index in [0.29, 0.717) is 0 Å². The molecule has 2 unspecified atom stereocenters. The van der Waals surface area contributed by atoms with E-state index in [4.69, 9.17) is 0 Å². The van der Waals surface area contributed by atoms with Crippen molar-refractivity contribution in [2.24, 2.45) is 0 Å². The maximum Gasteiger partial charge on any atom is 0.238 e. The van der Waals surface area contributed by atoms with Crippen molar-refractivity contribution in [2.75, 3.05) is 30.1 Å². The van der Waals surface area contributed by atoms with Crippen LogP contribution in [0.25, 0.3) is 0 Å². The third-order valence-corrected chi connectivity index (χ3v) is 4.35. The monoisotopic (exact) mass is 266 g/mol. The summed E-state index contributed by atoms with van der Waals surface area (Å²) in [5.74, 6) is 1.64. The Labute approximate surface area is 101 Å². The average Bonchev–Trinajstić information content (AvgIpc) is 2.16. The molecule has 0 aromatic heterocycles. The van der Waals surface area contributed by atoms with Gasteiger partial charge in [-0.3, -0.25) is 4.79 Å². The summed E-state index contributed by atoms with van der Waals surface area (Å²) >= 11 is 1.73. The number of hydrogen-bond donors (Lipinski definition) is 2. The van der Waals surface area contributed by atoms with Gasteiger partial charge in [0, 0.05) is 30.3 Å². The Bertz CT molecular complexity index is 337. The Morgan fingerprint density at radius 2 is 2.31 bits per heavy atom. The molecule has 0 saturated carbocycles. The van der Waals surface area contributed by atoms with Gasteiger partial charge in [-0.2, -0.15) is 11.8 Å². The third kappa shape index (κ3) is 5.18. The van der Waals surface area contributed by atoms with Gasteiger partial charge in [-0.05, 0) is 6.92 Å². The first-order chi connectivity index (χ1) is 7.38. The van der Waals surface area contributed by atoms with Crippen LogP contribution in [-0.2, 0) is 14.6 Å². The van der Waals surface area contributed by atoms with Gasteiger partial charge in [0.25, 0.3) is 0 Å². The van der Waals surface area contributed by atoms with Gasteiger partial charge >= 0.3 is 0 Å². The molecule has 5 nitrogen and oxygen atoms in total. The van der Waals surface area contributed by atoms with Gasteiger partial charge < -0.3 is 10.6 Å². The summed E-state index contributed by atoms with van der Waals surface area (Å²) in [6.45, 7) is 2.53. The Morgan fingerprint density at radius 3 is 2.81 bits per heavy atom. The second-order valence-corrected chi connectivity index (χ2v) is 7.42. The highest BCUT2D eigenvalue weighted by atomic mass is 32.2. The van der Waals surface area contributed by atoms with E-state index in [1.165, 1.54) is 6.26 Å². The number of amides is 1. The van der Waals surface area contributed by atoms with E-state index in [9.17, 15) is 13.2 Å². The fourth-order valence-electron chi connectivity index (χ4n) is 1.57. The Morgan fingerprint density at radius 1 is 1.62 bits per heavy atom. The minimum Gasteiger partial charge on any atom is -0.351 e. The lowest BCUT2D eigenvalue weighted by atomic mass is 10.2. The molecule has 0 aromatic carbocycles. The first-order valence-electron chi connectivity index (χ1n) is 5.18. The van der Waals surface area contributed by atoms with Crippen molar-refractivity contribution < 1.29 is 13.2 Å². The summed E-state index contributed by atoms with van der Waals surface area (Å²) in [5, 5.41) is 5.82. The van der Waals surface area contributed by atoms with E-state index in [1.807, 2.05) is 0 Å². The van der Waals surface area contributed by atoms with Crippen LogP contribution in [0.2, 0.25) is 0 Å².